The number of amides is 1. The zero-order chi connectivity index (χ0) is 19.6. The third-order valence-electron chi connectivity index (χ3n) is 4.38. The number of methoxy groups -OCH3 is 1. The van der Waals surface area contributed by atoms with Crippen LogP contribution in [0.1, 0.15) is 16.7 Å². The summed E-state index contributed by atoms with van der Waals surface area (Å²) in [5.74, 6) is -0.679. The molecule has 0 saturated heterocycles. The molecule has 8 heteroatoms. The minimum absolute atomic E-state index is 0.126. The van der Waals surface area contributed by atoms with Gasteiger partial charge in [0, 0.05) is 6.54 Å². The second-order valence-electron chi connectivity index (χ2n) is 6.20. The third-order valence-corrected chi connectivity index (χ3v) is 4.38. The fourth-order valence-electron chi connectivity index (χ4n) is 2.96. The van der Waals surface area contributed by atoms with Crippen LogP contribution in [0, 0.1) is 11.7 Å². The van der Waals surface area contributed by atoms with E-state index in [0.29, 0.717) is 24.0 Å². The van der Waals surface area contributed by atoms with E-state index in [1.54, 1.807) is 18.2 Å². The molecular formula is C19H17F4NO3. The number of alkyl halides is 3. The Morgan fingerprint density at radius 1 is 1.26 bits per heavy atom. The van der Waals surface area contributed by atoms with Gasteiger partial charge in [0.05, 0.1) is 18.6 Å². The van der Waals surface area contributed by atoms with Crippen LogP contribution in [0.5, 0.6) is 11.5 Å². The van der Waals surface area contributed by atoms with Crippen molar-refractivity contribution in [1.29, 1.82) is 0 Å². The molecule has 1 heterocycles. The Hall–Kier alpha value is -2.77. The third kappa shape index (κ3) is 4.32. The lowest BCUT2D eigenvalue weighted by Crippen LogP contribution is -2.37. The van der Waals surface area contributed by atoms with Crippen molar-refractivity contribution in [3.8, 4) is 11.5 Å². The number of carbonyl (C=O) groups excluding carboxylic acids is 1. The van der Waals surface area contributed by atoms with Crippen LogP contribution in [-0.2, 0) is 23.9 Å². The van der Waals surface area contributed by atoms with Crippen molar-refractivity contribution >= 4 is 5.91 Å². The molecule has 0 aromatic heterocycles. The predicted octanol–water partition coefficient (Wildman–Crippen LogP) is 3.72. The summed E-state index contributed by atoms with van der Waals surface area (Å²) in [6.45, 7) is -0.226. The average molecular weight is 383 g/mol. The normalized spacial score (nSPS) is 16.3. The van der Waals surface area contributed by atoms with Crippen molar-refractivity contribution in [3.05, 3.63) is 58.9 Å². The number of rotatable bonds is 4. The average Bonchev–Trinajstić information content (AvgIpc) is 2.65. The zero-order valence-corrected chi connectivity index (χ0v) is 14.4. The molecule has 3 rings (SSSR count). The van der Waals surface area contributed by atoms with Gasteiger partial charge >= 0.3 is 6.18 Å². The smallest absolute Gasteiger partial charge is 0.416 e. The van der Waals surface area contributed by atoms with Crippen molar-refractivity contribution in [2.75, 3.05) is 13.7 Å². The summed E-state index contributed by atoms with van der Waals surface area (Å²) in [5, 5.41) is 2.49. The summed E-state index contributed by atoms with van der Waals surface area (Å²) < 4.78 is 63.0. The fourth-order valence-corrected chi connectivity index (χ4v) is 2.96. The summed E-state index contributed by atoms with van der Waals surface area (Å²) in [4.78, 5) is 12.4. The molecule has 1 N–H and O–H groups in total. The summed E-state index contributed by atoms with van der Waals surface area (Å²) in [7, 11) is 1.52. The monoisotopic (exact) mass is 383 g/mol. The summed E-state index contributed by atoms with van der Waals surface area (Å²) in [6.07, 6.45) is -4.32. The van der Waals surface area contributed by atoms with E-state index in [1.165, 1.54) is 7.11 Å². The maximum absolute atomic E-state index is 13.2. The van der Waals surface area contributed by atoms with Gasteiger partial charge in [-0.3, -0.25) is 4.79 Å². The van der Waals surface area contributed by atoms with Gasteiger partial charge in [0.1, 0.15) is 23.9 Å². The largest absolute Gasteiger partial charge is 0.497 e. The molecule has 2 aromatic rings. The van der Waals surface area contributed by atoms with Gasteiger partial charge in [0.2, 0.25) is 5.91 Å². The number of hydrogen-bond donors (Lipinski definition) is 1. The lowest BCUT2D eigenvalue weighted by Gasteiger charge is -2.25. The van der Waals surface area contributed by atoms with Gasteiger partial charge in [-0.15, -0.1) is 0 Å². The molecule has 0 radical (unpaired) electrons. The van der Waals surface area contributed by atoms with Crippen molar-refractivity contribution < 1.29 is 31.8 Å². The zero-order valence-electron chi connectivity index (χ0n) is 14.4. The molecule has 0 bridgehead atoms. The van der Waals surface area contributed by atoms with E-state index in [-0.39, 0.29) is 18.7 Å². The first kappa shape index (κ1) is 19.0. The van der Waals surface area contributed by atoms with Gasteiger partial charge < -0.3 is 14.8 Å². The topological polar surface area (TPSA) is 47.6 Å². The first-order chi connectivity index (χ1) is 12.8. The highest BCUT2D eigenvalue weighted by Gasteiger charge is 2.34. The molecule has 0 spiro atoms. The van der Waals surface area contributed by atoms with Gasteiger partial charge in [-0.25, -0.2) is 4.39 Å². The number of fused-ring (bicyclic) bond motifs is 1. The molecule has 1 unspecified atom stereocenters. The van der Waals surface area contributed by atoms with Crippen LogP contribution in [-0.4, -0.2) is 19.6 Å². The number of carbonyl (C=O) groups is 1. The van der Waals surface area contributed by atoms with Crippen LogP contribution in [0.4, 0.5) is 17.6 Å². The van der Waals surface area contributed by atoms with Crippen LogP contribution in [0.2, 0.25) is 0 Å². The Kier molecular flexibility index (Phi) is 5.25. The highest BCUT2D eigenvalue weighted by molar-refractivity contribution is 5.79. The van der Waals surface area contributed by atoms with Crippen LogP contribution >= 0.6 is 0 Å². The van der Waals surface area contributed by atoms with Gasteiger partial charge in [-0.2, -0.15) is 13.2 Å². The van der Waals surface area contributed by atoms with Gasteiger partial charge in [0.25, 0.3) is 0 Å². The molecule has 2 aromatic carbocycles. The second kappa shape index (κ2) is 7.46. The molecule has 144 valence electrons. The molecule has 0 saturated carbocycles. The Morgan fingerprint density at radius 2 is 2.04 bits per heavy atom. The molecule has 1 amide bonds. The van der Waals surface area contributed by atoms with E-state index in [2.05, 4.69) is 5.32 Å². The first-order valence-electron chi connectivity index (χ1n) is 8.21. The van der Waals surface area contributed by atoms with Crippen molar-refractivity contribution in [1.82, 2.24) is 5.32 Å². The second-order valence-corrected chi connectivity index (χ2v) is 6.20. The van der Waals surface area contributed by atoms with E-state index in [1.807, 2.05) is 0 Å². The van der Waals surface area contributed by atoms with E-state index >= 15 is 0 Å². The maximum atomic E-state index is 13.2. The Labute approximate surface area is 153 Å². The highest BCUT2D eigenvalue weighted by Crippen LogP contribution is 2.33. The lowest BCUT2D eigenvalue weighted by molar-refractivity contribution is -0.138. The van der Waals surface area contributed by atoms with Crippen molar-refractivity contribution in [2.45, 2.75) is 19.1 Å². The Morgan fingerprint density at radius 3 is 2.74 bits per heavy atom. The molecule has 4 nitrogen and oxygen atoms in total. The predicted molar refractivity (Wildman–Crippen MR) is 88.9 cm³/mol. The number of benzene rings is 2. The van der Waals surface area contributed by atoms with Crippen LogP contribution in [0.15, 0.2) is 36.4 Å². The summed E-state index contributed by atoms with van der Waals surface area (Å²) in [6, 6.07) is 7.63. The van der Waals surface area contributed by atoms with Crippen molar-refractivity contribution in [2.24, 2.45) is 5.92 Å². The van der Waals surface area contributed by atoms with Crippen LogP contribution in [0.3, 0.4) is 0 Å². The SMILES string of the molecule is COc1ccc2c(c1)CC(C(=O)NCc1ccc(F)cc1C(F)(F)F)CO2. The first-order valence-corrected chi connectivity index (χ1v) is 8.21. The molecule has 27 heavy (non-hydrogen) atoms. The molecule has 0 aliphatic carbocycles. The Balaban J connectivity index is 1.69. The van der Waals surface area contributed by atoms with Gasteiger partial charge in [0.15, 0.2) is 0 Å². The van der Waals surface area contributed by atoms with Crippen LogP contribution in [0.25, 0.3) is 0 Å². The number of nitrogens with one attached hydrogen (secondary N) is 1. The maximum Gasteiger partial charge on any atom is 0.416 e. The standard InChI is InChI=1S/C19H17F4NO3/c1-26-15-4-5-17-12(7-15)6-13(10-27-17)18(25)24-9-11-2-3-14(20)8-16(11)19(21,22)23/h2-5,7-8,13H,6,9-10H2,1H3,(H,24,25). The molecule has 1 atom stereocenters. The number of hydrogen-bond acceptors (Lipinski definition) is 3. The molecule has 0 fully saturated rings. The quantitative estimate of drug-likeness (QED) is 0.819. The summed E-state index contributed by atoms with van der Waals surface area (Å²) >= 11 is 0. The van der Waals surface area contributed by atoms with E-state index in [0.717, 1.165) is 17.7 Å². The van der Waals surface area contributed by atoms with E-state index in [4.69, 9.17) is 9.47 Å². The van der Waals surface area contributed by atoms with Gasteiger partial charge in [-0.05, 0) is 47.9 Å². The molecular weight excluding hydrogens is 366 g/mol. The minimum Gasteiger partial charge on any atom is -0.497 e. The number of halogens is 4. The molecule has 1 aliphatic heterocycles. The van der Waals surface area contributed by atoms with E-state index in [9.17, 15) is 22.4 Å². The fraction of sp³-hybridized carbons (Fsp3) is 0.316. The summed E-state index contributed by atoms with van der Waals surface area (Å²) in [5.41, 5.74) is -0.507. The minimum atomic E-state index is -4.70. The van der Waals surface area contributed by atoms with Crippen LogP contribution < -0.4 is 14.8 Å². The van der Waals surface area contributed by atoms with Crippen molar-refractivity contribution in [3.63, 3.8) is 0 Å². The highest BCUT2D eigenvalue weighted by atomic mass is 19.4. The van der Waals surface area contributed by atoms with E-state index < -0.39 is 29.4 Å². The Bertz CT molecular complexity index is 851. The van der Waals surface area contributed by atoms with Gasteiger partial charge in [-0.1, -0.05) is 6.07 Å². The number of ether oxygens (including phenoxy) is 2. The lowest BCUT2D eigenvalue weighted by atomic mass is 9.95. The molecule has 1 aliphatic rings.